The summed E-state index contributed by atoms with van der Waals surface area (Å²) < 4.78 is 5.55. The smallest absolute Gasteiger partial charge is 0.241 e. The van der Waals surface area contributed by atoms with Crippen molar-refractivity contribution in [2.45, 2.75) is 38.6 Å². The van der Waals surface area contributed by atoms with Crippen LogP contribution >= 0.6 is 24.0 Å². The first-order valence-corrected chi connectivity index (χ1v) is 11.6. The summed E-state index contributed by atoms with van der Waals surface area (Å²) >= 11 is 0. The van der Waals surface area contributed by atoms with Crippen LogP contribution in [0.5, 0.6) is 0 Å². The second-order valence-electron chi connectivity index (χ2n) is 9.09. The van der Waals surface area contributed by atoms with Crippen LogP contribution in [-0.2, 0) is 16.1 Å². The van der Waals surface area contributed by atoms with E-state index in [2.05, 4.69) is 27.7 Å². The number of aliphatic imine (C=N–C) groups is 1. The van der Waals surface area contributed by atoms with E-state index >= 15 is 0 Å². The Morgan fingerprint density at radius 3 is 2.44 bits per heavy atom. The first-order chi connectivity index (χ1) is 15.1. The molecule has 3 rings (SSSR count). The molecule has 1 heterocycles. The number of carbonyl (C=O) groups is 1. The zero-order valence-corrected chi connectivity index (χ0v) is 22.0. The molecule has 0 aromatic heterocycles. The minimum absolute atomic E-state index is 0. The van der Waals surface area contributed by atoms with Crippen LogP contribution < -0.4 is 10.6 Å². The van der Waals surface area contributed by atoms with Crippen LogP contribution in [0, 0.1) is 5.41 Å². The molecule has 0 atom stereocenters. The maximum Gasteiger partial charge on any atom is 0.241 e. The highest BCUT2D eigenvalue weighted by atomic mass is 127. The van der Waals surface area contributed by atoms with Gasteiger partial charge in [0.1, 0.15) is 0 Å². The number of benzene rings is 1. The van der Waals surface area contributed by atoms with Gasteiger partial charge in [0.25, 0.3) is 0 Å². The zero-order chi connectivity index (χ0) is 21.9. The van der Waals surface area contributed by atoms with E-state index in [-0.39, 0.29) is 41.8 Å². The van der Waals surface area contributed by atoms with Crippen molar-refractivity contribution in [2.75, 3.05) is 60.0 Å². The monoisotopic (exact) mass is 557 g/mol. The van der Waals surface area contributed by atoms with Crippen LogP contribution in [0.25, 0.3) is 0 Å². The van der Waals surface area contributed by atoms with Crippen molar-refractivity contribution in [2.24, 2.45) is 10.4 Å². The Balaban J connectivity index is 0.00000363. The molecule has 2 N–H and O–H groups in total. The van der Waals surface area contributed by atoms with Crippen molar-refractivity contribution in [1.29, 1.82) is 0 Å². The predicted octanol–water partition coefficient (Wildman–Crippen LogP) is 2.71. The number of rotatable bonds is 8. The van der Waals surface area contributed by atoms with E-state index in [0.717, 1.165) is 45.0 Å². The number of hydrogen-bond acceptors (Lipinski definition) is 4. The predicted molar refractivity (Wildman–Crippen MR) is 140 cm³/mol. The number of nitrogens with zero attached hydrogens (tertiary/aromatic N) is 3. The van der Waals surface area contributed by atoms with Crippen molar-refractivity contribution in [3.63, 3.8) is 0 Å². The number of hydrogen-bond donors (Lipinski definition) is 2. The molecule has 0 unspecified atom stereocenters. The molecule has 1 aliphatic heterocycles. The van der Waals surface area contributed by atoms with Crippen molar-refractivity contribution in [1.82, 2.24) is 20.4 Å². The molecule has 32 heavy (non-hydrogen) atoms. The Labute approximate surface area is 210 Å². The summed E-state index contributed by atoms with van der Waals surface area (Å²) in [5, 5.41) is 6.84. The molecule has 1 saturated carbocycles. The number of amides is 1. The lowest BCUT2D eigenvalue weighted by molar-refractivity contribution is -0.127. The molecule has 7 nitrogen and oxygen atoms in total. The summed E-state index contributed by atoms with van der Waals surface area (Å²) in [6.07, 6.45) is 6.37. The molecule has 0 spiro atoms. The highest BCUT2D eigenvalue weighted by Crippen LogP contribution is 2.36. The third-order valence-corrected chi connectivity index (χ3v) is 6.38. The summed E-state index contributed by atoms with van der Waals surface area (Å²) in [6.45, 7) is 6.52. The molecule has 8 heteroatoms. The molecular weight excluding hydrogens is 517 g/mol. The number of nitrogens with one attached hydrogen (secondary N) is 2. The number of morpholine rings is 1. The van der Waals surface area contributed by atoms with Crippen molar-refractivity contribution >= 4 is 35.8 Å². The van der Waals surface area contributed by atoms with Crippen molar-refractivity contribution < 1.29 is 9.53 Å². The first-order valence-electron chi connectivity index (χ1n) is 11.6. The summed E-state index contributed by atoms with van der Waals surface area (Å²) in [5.41, 5.74) is 1.40. The quantitative estimate of drug-likeness (QED) is 0.293. The Morgan fingerprint density at radius 1 is 1.09 bits per heavy atom. The summed E-state index contributed by atoms with van der Waals surface area (Å²) in [7, 11) is 3.55. The number of carbonyl (C=O) groups excluding carboxylic acids is 1. The second kappa shape index (κ2) is 14.0. The van der Waals surface area contributed by atoms with E-state index < -0.39 is 0 Å². The van der Waals surface area contributed by atoms with E-state index in [1.807, 2.05) is 18.2 Å². The van der Waals surface area contributed by atoms with E-state index in [1.54, 1.807) is 19.0 Å². The molecule has 0 radical (unpaired) electrons. The van der Waals surface area contributed by atoms with Gasteiger partial charge in [-0.15, -0.1) is 24.0 Å². The largest absolute Gasteiger partial charge is 0.379 e. The summed E-state index contributed by atoms with van der Waals surface area (Å²) in [4.78, 5) is 21.0. The van der Waals surface area contributed by atoms with Gasteiger partial charge < -0.3 is 20.3 Å². The third kappa shape index (κ3) is 8.86. The topological polar surface area (TPSA) is 69.2 Å². The lowest BCUT2D eigenvalue weighted by atomic mass is 9.73. The normalized spacial score (nSPS) is 19.0. The minimum Gasteiger partial charge on any atom is -0.379 e. The van der Waals surface area contributed by atoms with Crippen LogP contribution in [0.3, 0.4) is 0 Å². The van der Waals surface area contributed by atoms with Crippen LogP contribution in [-0.4, -0.2) is 81.7 Å². The lowest BCUT2D eigenvalue weighted by Gasteiger charge is -2.42. The van der Waals surface area contributed by atoms with Crippen LogP contribution in [0.1, 0.15) is 37.7 Å². The van der Waals surface area contributed by atoms with Gasteiger partial charge in [0.05, 0.1) is 26.3 Å². The molecule has 1 aromatic rings. The van der Waals surface area contributed by atoms with Crippen LogP contribution in [0.15, 0.2) is 35.3 Å². The lowest BCUT2D eigenvalue weighted by Crippen LogP contribution is -2.51. The highest BCUT2D eigenvalue weighted by Gasteiger charge is 2.34. The van der Waals surface area contributed by atoms with Crippen LogP contribution in [0.2, 0.25) is 0 Å². The summed E-state index contributed by atoms with van der Waals surface area (Å²) in [5.74, 6) is 0.751. The SMILES string of the molecule is CN(C)C(=O)CNC(=NCc1ccccc1)NCC1(CN2CCOCC2)CCCCC1.I. The van der Waals surface area contributed by atoms with Gasteiger partial charge in [-0.25, -0.2) is 4.99 Å². The standard InChI is InChI=1S/C24H39N5O2.HI/c1-28(2)22(30)18-26-23(25-17-21-9-5-3-6-10-21)27-19-24(11-7-4-8-12-24)20-29-13-15-31-16-14-29;/h3,5-6,9-10H,4,7-8,11-20H2,1-2H3,(H2,25,26,27);1H. The number of likely N-dealkylation sites (N-methyl/N-ethyl adjacent to an activating group) is 1. The molecule has 1 amide bonds. The zero-order valence-electron chi connectivity index (χ0n) is 19.6. The fourth-order valence-electron chi connectivity index (χ4n) is 4.44. The van der Waals surface area contributed by atoms with Gasteiger partial charge in [-0.3, -0.25) is 9.69 Å². The number of ether oxygens (including phenoxy) is 1. The van der Waals surface area contributed by atoms with Gasteiger partial charge >= 0.3 is 0 Å². The van der Waals surface area contributed by atoms with Gasteiger partial charge in [0.15, 0.2) is 5.96 Å². The van der Waals surface area contributed by atoms with Gasteiger partial charge in [0.2, 0.25) is 5.91 Å². The average molecular weight is 558 g/mol. The molecular formula is C24H40IN5O2. The average Bonchev–Trinajstić information content (AvgIpc) is 2.80. The number of halogens is 1. The Morgan fingerprint density at radius 2 is 1.78 bits per heavy atom. The second-order valence-corrected chi connectivity index (χ2v) is 9.09. The Hall–Kier alpha value is -1.39. The van der Waals surface area contributed by atoms with Gasteiger partial charge in [-0.2, -0.15) is 0 Å². The minimum atomic E-state index is 0. The molecule has 180 valence electrons. The van der Waals surface area contributed by atoms with E-state index in [4.69, 9.17) is 9.73 Å². The first kappa shape index (κ1) is 26.9. The Kier molecular flexibility index (Phi) is 11.7. The Bertz CT molecular complexity index is 702. The summed E-state index contributed by atoms with van der Waals surface area (Å²) in [6, 6.07) is 10.2. The molecule has 1 aliphatic carbocycles. The van der Waals surface area contributed by atoms with Gasteiger partial charge in [0, 0.05) is 45.7 Å². The maximum atomic E-state index is 12.1. The molecule has 1 saturated heterocycles. The molecule has 1 aromatic carbocycles. The maximum absolute atomic E-state index is 12.1. The fourth-order valence-corrected chi connectivity index (χ4v) is 4.44. The third-order valence-electron chi connectivity index (χ3n) is 6.38. The number of guanidine groups is 1. The fraction of sp³-hybridized carbons (Fsp3) is 0.667. The van der Waals surface area contributed by atoms with Crippen molar-refractivity contribution in [3.05, 3.63) is 35.9 Å². The van der Waals surface area contributed by atoms with Gasteiger partial charge in [-0.05, 0) is 18.4 Å². The highest BCUT2D eigenvalue weighted by molar-refractivity contribution is 14.0. The van der Waals surface area contributed by atoms with Crippen molar-refractivity contribution in [3.8, 4) is 0 Å². The molecule has 2 fully saturated rings. The molecule has 2 aliphatic rings. The van der Waals surface area contributed by atoms with Crippen LogP contribution in [0.4, 0.5) is 0 Å². The van der Waals surface area contributed by atoms with E-state index in [0.29, 0.717) is 12.5 Å². The molecule has 0 bridgehead atoms. The van der Waals surface area contributed by atoms with Gasteiger partial charge in [-0.1, -0.05) is 49.6 Å². The van der Waals surface area contributed by atoms with E-state index in [1.165, 1.54) is 32.1 Å². The van der Waals surface area contributed by atoms with E-state index in [9.17, 15) is 4.79 Å².